The second-order valence-corrected chi connectivity index (χ2v) is 5.95. The molecule has 0 saturated heterocycles. The number of primary amides is 1. The summed E-state index contributed by atoms with van der Waals surface area (Å²) in [6.07, 6.45) is 2.88. The first kappa shape index (κ1) is 15.9. The zero-order chi connectivity index (χ0) is 18.1. The van der Waals surface area contributed by atoms with Crippen molar-refractivity contribution in [3.63, 3.8) is 0 Å². The Morgan fingerprint density at radius 2 is 2.12 bits per heavy atom. The minimum absolute atomic E-state index is 0.199. The van der Waals surface area contributed by atoms with Crippen LogP contribution in [0.5, 0.6) is 0 Å². The molecule has 1 aliphatic rings. The molecule has 0 fully saturated rings. The summed E-state index contributed by atoms with van der Waals surface area (Å²) in [6, 6.07) is 6.76. The van der Waals surface area contributed by atoms with Crippen molar-refractivity contribution in [3.05, 3.63) is 47.4 Å². The number of carbonyl (C=O) groups is 2. The van der Waals surface area contributed by atoms with Crippen LogP contribution in [0.4, 0.5) is 11.8 Å². The van der Waals surface area contributed by atoms with Gasteiger partial charge in [0.05, 0.1) is 0 Å². The first-order valence-electron chi connectivity index (χ1n) is 8.04. The smallest absolute Gasteiger partial charge is 0.248 e. The molecule has 0 bridgehead atoms. The van der Waals surface area contributed by atoms with Crippen LogP contribution in [0.3, 0.4) is 0 Å². The molecule has 1 aromatic carbocycles. The van der Waals surface area contributed by atoms with Gasteiger partial charge in [0.1, 0.15) is 12.1 Å². The van der Waals surface area contributed by atoms with Gasteiger partial charge in [0.15, 0.2) is 11.6 Å². The van der Waals surface area contributed by atoms with Crippen LogP contribution in [-0.2, 0) is 17.6 Å². The third-order valence-corrected chi connectivity index (χ3v) is 4.19. The molecule has 2 aromatic heterocycles. The average molecular weight is 349 g/mol. The molecule has 26 heavy (non-hydrogen) atoms. The van der Waals surface area contributed by atoms with Gasteiger partial charge in [-0.05, 0) is 18.6 Å². The lowest BCUT2D eigenvalue weighted by molar-refractivity contribution is -0.118. The lowest BCUT2D eigenvalue weighted by atomic mass is 9.96. The SMILES string of the molecule is NC(=O)c1cccc(-c2ncnc(Nc3n[nH]c4c3CCC(=O)C4)n2)c1. The maximum atomic E-state index is 11.5. The minimum Gasteiger partial charge on any atom is -0.366 e. The number of fused-ring (bicyclic) bond motifs is 1. The Hall–Kier alpha value is -3.62. The van der Waals surface area contributed by atoms with E-state index in [0.717, 1.165) is 11.3 Å². The summed E-state index contributed by atoms with van der Waals surface area (Å²) < 4.78 is 0. The average Bonchev–Trinajstić information content (AvgIpc) is 3.04. The van der Waals surface area contributed by atoms with Gasteiger partial charge in [-0.3, -0.25) is 14.7 Å². The Morgan fingerprint density at radius 3 is 2.96 bits per heavy atom. The van der Waals surface area contributed by atoms with Crippen LogP contribution in [0.25, 0.3) is 11.4 Å². The van der Waals surface area contributed by atoms with Gasteiger partial charge in [0, 0.05) is 35.2 Å². The van der Waals surface area contributed by atoms with E-state index in [4.69, 9.17) is 5.73 Å². The summed E-state index contributed by atoms with van der Waals surface area (Å²) in [5.74, 6) is 1.02. The van der Waals surface area contributed by atoms with E-state index >= 15 is 0 Å². The van der Waals surface area contributed by atoms with E-state index < -0.39 is 5.91 Å². The summed E-state index contributed by atoms with van der Waals surface area (Å²) in [6.45, 7) is 0. The number of ketones is 1. The number of rotatable bonds is 4. The second kappa shape index (κ2) is 6.36. The van der Waals surface area contributed by atoms with Crippen molar-refractivity contribution in [2.75, 3.05) is 5.32 Å². The summed E-state index contributed by atoms with van der Waals surface area (Å²) in [4.78, 5) is 35.5. The topological polar surface area (TPSA) is 140 Å². The summed E-state index contributed by atoms with van der Waals surface area (Å²) in [5, 5.41) is 10.2. The molecule has 0 radical (unpaired) electrons. The molecule has 1 aliphatic carbocycles. The predicted molar refractivity (Wildman–Crippen MR) is 92.7 cm³/mol. The highest BCUT2D eigenvalue weighted by molar-refractivity contribution is 5.93. The molecule has 4 rings (SSSR count). The summed E-state index contributed by atoms with van der Waals surface area (Å²) in [5.41, 5.74) is 8.15. The number of anilines is 2. The van der Waals surface area contributed by atoms with Crippen LogP contribution in [0.15, 0.2) is 30.6 Å². The molecule has 0 unspecified atom stereocenters. The van der Waals surface area contributed by atoms with Crippen LogP contribution in [0, 0.1) is 0 Å². The van der Waals surface area contributed by atoms with Crippen molar-refractivity contribution in [2.24, 2.45) is 5.73 Å². The zero-order valence-corrected chi connectivity index (χ0v) is 13.7. The minimum atomic E-state index is -0.517. The predicted octanol–water partition coefficient (Wildman–Crippen LogP) is 1.16. The third-order valence-electron chi connectivity index (χ3n) is 4.19. The number of carbonyl (C=O) groups excluding carboxylic acids is 2. The molecule has 0 saturated carbocycles. The van der Waals surface area contributed by atoms with Gasteiger partial charge in [0.25, 0.3) is 0 Å². The highest BCUT2D eigenvalue weighted by atomic mass is 16.1. The molecular formula is C17H15N7O2. The summed E-state index contributed by atoms with van der Waals surface area (Å²) in [7, 11) is 0. The normalized spacial score (nSPS) is 13.3. The number of aromatic nitrogens is 5. The van der Waals surface area contributed by atoms with E-state index in [-0.39, 0.29) is 5.78 Å². The highest BCUT2D eigenvalue weighted by Crippen LogP contribution is 2.26. The van der Waals surface area contributed by atoms with Gasteiger partial charge >= 0.3 is 0 Å². The first-order valence-corrected chi connectivity index (χ1v) is 8.04. The number of hydrogen-bond acceptors (Lipinski definition) is 7. The number of nitrogens with zero attached hydrogens (tertiary/aromatic N) is 4. The third kappa shape index (κ3) is 3.02. The van der Waals surface area contributed by atoms with Gasteiger partial charge in [-0.15, -0.1) is 0 Å². The molecule has 1 amide bonds. The number of H-pyrrole nitrogens is 1. The monoisotopic (exact) mass is 349 g/mol. The van der Waals surface area contributed by atoms with Crippen molar-refractivity contribution in [3.8, 4) is 11.4 Å². The van der Waals surface area contributed by atoms with Gasteiger partial charge in [-0.25, -0.2) is 9.97 Å². The Labute approximate surface area is 148 Å². The maximum Gasteiger partial charge on any atom is 0.248 e. The van der Waals surface area contributed by atoms with Crippen molar-refractivity contribution >= 4 is 23.5 Å². The lowest BCUT2D eigenvalue weighted by Gasteiger charge is -2.11. The van der Waals surface area contributed by atoms with E-state index in [2.05, 4.69) is 30.5 Å². The van der Waals surface area contributed by atoms with E-state index in [0.29, 0.717) is 48.0 Å². The molecule has 2 heterocycles. The Morgan fingerprint density at radius 1 is 1.23 bits per heavy atom. The molecule has 9 heteroatoms. The fourth-order valence-corrected chi connectivity index (χ4v) is 2.88. The number of hydrogen-bond donors (Lipinski definition) is 3. The van der Waals surface area contributed by atoms with Gasteiger partial charge in [-0.1, -0.05) is 12.1 Å². The van der Waals surface area contributed by atoms with Crippen molar-refractivity contribution < 1.29 is 9.59 Å². The van der Waals surface area contributed by atoms with Gasteiger partial charge in [-0.2, -0.15) is 10.1 Å². The standard InChI is InChI=1S/C17H15N7O2/c18-14(26)9-2-1-3-10(6-9)15-19-8-20-17(21-15)22-16-12-5-4-11(25)7-13(12)23-24-16/h1-3,6,8H,4-5,7H2,(H2,18,26)(H2,19,20,21,22,23,24). The largest absolute Gasteiger partial charge is 0.366 e. The highest BCUT2D eigenvalue weighted by Gasteiger charge is 2.22. The molecular weight excluding hydrogens is 334 g/mol. The lowest BCUT2D eigenvalue weighted by Crippen LogP contribution is -2.13. The Bertz CT molecular complexity index is 1010. The second-order valence-electron chi connectivity index (χ2n) is 5.95. The van der Waals surface area contributed by atoms with E-state index in [1.807, 2.05) is 0 Å². The number of amides is 1. The number of nitrogens with two attached hydrogens (primary N) is 1. The number of benzene rings is 1. The molecule has 0 aliphatic heterocycles. The van der Waals surface area contributed by atoms with E-state index in [1.54, 1.807) is 24.3 Å². The van der Waals surface area contributed by atoms with E-state index in [9.17, 15) is 9.59 Å². The molecule has 9 nitrogen and oxygen atoms in total. The Kier molecular flexibility index (Phi) is 3.88. The fraction of sp³-hybridized carbons (Fsp3) is 0.176. The van der Waals surface area contributed by atoms with E-state index in [1.165, 1.54) is 6.33 Å². The Balaban J connectivity index is 1.62. The van der Waals surface area contributed by atoms with Crippen molar-refractivity contribution in [1.29, 1.82) is 0 Å². The van der Waals surface area contributed by atoms with Crippen LogP contribution < -0.4 is 11.1 Å². The van der Waals surface area contributed by atoms with Crippen LogP contribution in [0.1, 0.15) is 28.0 Å². The van der Waals surface area contributed by atoms with Crippen molar-refractivity contribution in [1.82, 2.24) is 25.1 Å². The van der Waals surface area contributed by atoms with Crippen LogP contribution in [0.2, 0.25) is 0 Å². The maximum absolute atomic E-state index is 11.5. The number of aromatic amines is 1. The van der Waals surface area contributed by atoms with Crippen LogP contribution in [-0.4, -0.2) is 36.8 Å². The molecule has 4 N–H and O–H groups in total. The van der Waals surface area contributed by atoms with Crippen molar-refractivity contribution in [2.45, 2.75) is 19.3 Å². The quantitative estimate of drug-likeness (QED) is 0.642. The molecule has 130 valence electrons. The van der Waals surface area contributed by atoms with Crippen LogP contribution >= 0.6 is 0 Å². The fourth-order valence-electron chi connectivity index (χ4n) is 2.88. The first-order chi connectivity index (χ1) is 12.6. The zero-order valence-electron chi connectivity index (χ0n) is 13.7. The van der Waals surface area contributed by atoms with Gasteiger partial charge in [0.2, 0.25) is 11.9 Å². The molecule has 3 aromatic rings. The molecule has 0 spiro atoms. The molecule has 0 atom stereocenters. The number of nitrogens with one attached hydrogen (secondary N) is 2. The number of Topliss-reactive ketones (excluding diaryl/α,β-unsaturated/α-hetero) is 1. The van der Waals surface area contributed by atoms with Gasteiger partial charge < -0.3 is 11.1 Å². The summed E-state index contributed by atoms with van der Waals surface area (Å²) >= 11 is 0.